The van der Waals surface area contributed by atoms with E-state index in [4.69, 9.17) is 11.2 Å². The van der Waals surface area contributed by atoms with Gasteiger partial charge in [0.25, 0.3) is 0 Å². The lowest BCUT2D eigenvalue weighted by Crippen LogP contribution is -2.42. The lowest BCUT2D eigenvalue weighted by Gasteiger charge is -2.24. The number of hydrogen-bond donors (Lipinski definition) is 1. The third-order valence-corrected chi connectivity index (χ3v) is 2.67. The fourth-order valence-electron chi connectivity index (χ4n) is 1.97. The van der Waals surface area contributed by atoms with Crippen LogP contribution in [0.15, 0.2) is 0 Å². The number of hydrogen-bond acceptors (Lipinski definition) is 3. The summed E-state index contributed by atoms with van der Waals surface area (Å²) in [5.74, 6) is 2.65. The maximum Gasteiger partial charge on any atom is 0.407 e. The highest BCUT2D eigenvalue weighted by molar-refractivity contribution is 5.67. The Morgan fingerprint density at radius 1 is 1.59 bits per heavy atom. The van der Waals surface area contributed by atoms with Crippen molar-refractivity contribution in [3.8, 4) is 12.3 Å². The molecule has 0 radical (unpaired) electrons. The summed E-state index contributed by atoms with van der Waals surface area (Å²) in [5, 5.41) is 2.80. The van der Waals surface area contributed by atoms with E-state index in [0.717, 1.165) is 19.4 Å². The number of terminal acetylenes is 1. The van der Waals surface area contributed by atoms with Crippen LogP contribution >= 0.6 is 0 Å². The van der Waals surface area contributed by atoms with Gasteiger partial charge in [0.1, 0.15) is 5.60 Å². The number of rotatable bonds is 3. The lowest BCUT2D eigenvalue weighted by molar-refractivity contribution is 0.0515. The molecule has 0 aromatic carbocycles. The zero-order valence-corrected chi connectivity index (χ0v) is 11.0. The smallest absolute Gasteiger partial charge is 0.407 e. The summed E-state index contributed by atoms with van der Waals surface area (Å²) in [6, 6.07) is 0.346. The van der Waals surface area contributed by atoms with E-state index in [2.05, 4.69) is 16.1 Å². The molecular weight excluding hydrogens is 216 g/mol. The Morgan fingerprint density at radius 2 is 2.29 bits per heavy atom. The monoisotopic (exact) mass is 238 g/mol. The summed E-state index contributed by atoms with van der Waals surface area (Å²) in [4.78, 5) is 13.7. The number of likely N-dealkylation sites (tertiary alicyclic amines) is 1. The van der Waals surface area contributed by atoms with Gasteiger partial charge in [0.2, 0.25) is 0 Å². The van der Waals surface area contributed by atoms with Gasteiger partial charge in [0.15, 0.2) is 0 Å². The summed E-state index contributed by atoms with van der Waals surface area (Å²) in [6.45, 7) is 7.84. The molecule has 1 N–H and O–H groups in total. The van der Waals surface area contributed by atoms with Crippen molar-refractivity contribution < 1.29 is 9.53 Å². The van der Waals surface area contributed by atoms with Gasteiger partial charge in [-0.15, -0.1) is 6.42 Å². The van der Waals surface area contributed by atoms with Gasteiger partial charge in [-0.05, 0) is 40.2 Å². The first-order chi connectivity index (χ1) is 7.92. The maximum atomic E-state index is 11.5. The SMILES string of the molecule is C#CCN1CCCC1CNC(=O)OC(C)(C)C. The van der Waals surface area contributed by atoms with Crippen LogP contribution in [-0.2, 0) is 4.74 Å². The molecule has 17 heavy (non-hydrogen) atoms. The van der Waals surface area contributed by atoms with Crippen LogP contribution in [-0.4, -0.2) is 42.3 Å². The molecule has 1 unspecified atom stereocenters. The second kappa shape index (κ2) is 5.92. The molecule has 0 aliphatic carbocycles. The molecule has 1 fully saturated rings. The largest absolute Gasteiger partial charge is 0.444 e. The van der Waals surface area contributed by atoms with E-state index in [1.165, 1.54) is 0 Å². The van der Waals surface area contributed by atoms with E-state index in [1.54, 1.807) is 0 Å². The Bertz CT molecular complexity index is 302. The molecule has 0 bridgehead atoms. The zero-order chi connectivity index (χ0) is 12.9. The van der Waals surface area contributed by atoms with Gasteiger partial charge in [-0.2, -0.15) is 0 Å². The lowest BCUT2D eigenvalue weighted by atomic mass is 10.2. The van der Waals surface area contributed by atoms with Gasteiger partial charge < -0.3 is 10.1 Å². The average molecular weight is 238 g/mol. The molecule has 1 heterocycles. The summed E-state index contributed by atoms with van der Waals surface area (Å²) in [7, 11) is 0. The fraction of sp³-hybridized carbons (Fsp3) is 0.769. The molecule has 4 nitrogen and oxygen atoms in total. The van der Waals surface area contributed by atoms with Crippen LogP contribution in [0.25, 0.3) is 0 Å². The second-order valence-electron chi connectivity index (χ2n) is 5.35. The minimum absolute atomic E-state index is 0.346. The highest BCUT2D eigenvalue weighted by atomic mass is 16.6. The summed E-state index contributed by atoms with van der Waals surface area (Å²) < 4.78 is 5.18. The van der Waals surface area contributed by atoms with Gasteiger partial charge in [-0.1, -0.05) is 5.92 Å². The highest BCUT2D eigenvalue weighted by Crippen LogP contribution is 2.15. The second-order valence-corrected chi connectivity index (χ2v) is 5.35. The van der Waals surface area contributed by atoms with Gasteiger partial charge in [-0.25, -0.2) is 4.79 Å². The minimum Gasteiger partial charge on any atom is -0.444 e. The number of nitrogens with one attached hydrogen (secondary N) is 1. The number of nitrogens with zero attached hydrogens (tertiary/aromatic N) is 1. The molecule has 1 saturated heterocycles. The summed E-state index contributed by atoms with van der Waals surface area (Å²) >= 11 is 0. The van der Waals surface area contributed by atoms with Gasteiger partial charge >= 0.3 is 6.09 Å². The molecule has 0 aromatic rings. The quantitative estimate of drug-likeness (QED) is 0.759. The van der Waals surface area contributed by atoms with Crippen LogP contribution in [0.3, 0.4) is 0 Å². The molecule has 1 rings (SSSR count). The number of amides is 1. The van der Waals surface area contributed by atoms with Crippen LogP contribution in [0, 0.1) is 12.3 Å². The van der Waals surface area contributed by atoms with Crippen molar-refractivity contribution >= 4 is 6.09 Å². The first kappa shape index (κ1) is 13.9. The Balaban J connectivity index is 2.30. The third-order valence-electron chi connectivity index (χ3n) is 2.67. The molecule has 0 spiro atoms. The topological polar surface area (TPSA) is 41.6 Å². The van der Waals surface area contributed by atoms with Crippen LogP contribution in [0.1, 0.15) is 33.6 Å². The first-order valence-electron chi connectivity index (χ1n) is 6.07. The van der Waals surface area contributed by atoms with Crippen LogP contribution in [0.2, 0.25) is 0 Å². The third kappa shape index (κ3) is 5.10. The molecule has 1 amide bonds. The standard InChI is InChI=1S/C13H22N2O2/c1-5-8-15-9-6-7-11(15)10-14-12(16)17-13(2,3)4/h1,11H,6-10H2,2-4H3,(H,14,16). The Kier molecular flexibility index (Phi) is 4.83. The fourth-order valence-corrected chi connectivity index (χ4v) is 1.97. The summed E-state index contributed by atoms with van der Waals surface area (Å²) in [5.41, 5.74) is -0.446. The molecular formula is C13H22N2O2. The number of alkyl carbamates (subject to hydrolysis) is 1. The van der Waals surface area contributed by atoms with Crippen molar-refractivity contribution in [1.82, 2.24) is 10.2 Å². The number of ether oxygens (including phenoxy) is 1. The molecule has 1 atom stereocenters. The van der Waals surface area contributed by atoms with Crippen molar-refractivity contribution in [3.05, 3.63) is 0 Å². The van der Waals surface area contributed by atoms with E-state index in [9.17, 15) is 4.79 Å². The van der Waals surface area contributed by atoms with Crippen molar-refractivity contribution in [2.75, 3.05) is 19.6 Å². The predicted molar refractivity (Wildman–Crippen MR) is 67.7 cm³/mol. The summed E-state index contributed by atoms with van der Waals surface area (Å²) in [6.07, 6.45) is 7.17. The molecule has 96 valence electrons. The molecule has 1 aliphatic rings. The van der Waals surface area contributed by atoms with E-state index in [1.807, 2.05) is 20.8 Å². The van der Waals surface area contributed by atoms with Gasteiger partial charge in [0, 0.05) is 12.6 Å². The normalized spacial score (nSPS) is 20.9. The first-order valence-corrected chi connectivity index (χ1v) is 6.07. The van der Waals surface area contributed by atoms with E-state index >= 15 is 0 Å². The Labute approximate surface area is 104 Å². The molecule has 4 heteroatoms. The number of carbonyl (C=O) groups excluding carboxylic acids is 1. The van der Waals surface area contributed by atoms with Crippen LogP contribution < -0.4 is 5.32 Å². The highest BCUT2D eigenvalue weighted by Gasteiger charge is 2.24. The number of carbonyl (C=O) groups is 1. The van der Waals surface area contributed by atoms with E-state index in [0.29, 0.717) is 19.1 Å². The minimum atomic E-state index is -0.446. The zero-order valence-electron chi connectivity index (χ0n) is 11.0. The molecule has 1 aliphatic heterocycles. The Hall–Kier alpha value is -1.21. The van der Waals surface area contributed by atoms with Crippen LogP contribution in [0.4, 0.5) is 4.79 Å². The van der Waals surface area contributed by atoms with Crippen molar-refractivity contribution in [1.29, 1.82) is 0 Å². The van der Waals surface area contributed by atoms with E-state index in [-0.39, 0.29) is 6.09 Å². The van der Waals surface area contributed by atoms with Gasteiger partial charge in [0.05, 0.1) is 6.54 Å². The average Bonchev–Trinajstić information content (AvgIpc) is 2.60. The van der Waals surface area contributed by atoms with E-state index < -0.39 is 5.60 Å². The molecule has 0 saturated carbocycles. The van der Waals surface area contributed by atoms with Crippen molar-refractivity contribution in [3.63, 3.8) is 0 Å². The van der Waals surface area contributed by atoms with Crippen molar-refractivity contribution in [2.45, 2.75) is 45.3 Å². The Morgan fingerprint density at radius 3 is 2.88 bits per heavy atom. The maximum absolute atomic E-state index is 11.5. The van der Waals surface area contributed by atoms with Crippen molar-refractivity contribution in [2.24, 2.45) is 0 Å². The van der Waals surface area contributed by atoms with Gasteiger partial charge in [-0.3, -0.25) is 4.90 Å². The predicted octanol–water partition coefficient (Wildman–Crippen LogP) is 1.61. The molecule has 0 aromatic heterocycles. The van der Waals surface area contributed by atoms with Crippen LogP contribution in [0.5, 0.6) is 0 Å².